The van der Waals surface area contributed by atoms with Crippen molar-refractivity contribution in [2.45, 2.75) is 6.92 Å². The second kappa shape index (κ2) is 3.63. The Hall–Kier alpha value is -1.72. The first-order valence-electron chi connectivity index (χ1n) is 5.60. The van der Waals surface area contributed by atoms with Gasteiger partial charge in [-0.05, 0) is 36.6 Å². The fourth-order valence-corrected chi connectivity index (χ4v) is 4.04. The van der Waals surface area contributed by atoms with Crippen molar-refractivity contribution < 1.29 is 0 Å². The lowest BCUT2D eigenvalue weighted by atomic mass is 10.3. The van der Waals surface area contributed by atoms with Gasteiger partial charge in [-0.25, -0.2) is 9.97 Å². The molecule has 0 aliphatic heterocycles. The van der Waals surface area contributed by atoms with E-state index in [0.717, 1.165) is 22.7 Å². The molecule has 0 fully saturated rings. The van der Waals surface area contributed by atoms with Gasteiger partial charge in [-0.15, -0.1) is 22.7 Å². The standard InChI is InChI=1S/C13H9N3S2/c1-7-2-3-8-12(14-7)16-13(15-8)11-6-10-9(18-11)4-5-17-10/h2-6H,1H3,(H,14,15,16). The predicted octanol–water partition coefficient (Wildman–Crippen LogP) is 4.21. The summed E-state index contributed by atoms with van der Waals surface area (Å²) in [5.74, 6) is 0.913. The van der Waals surface area contributed by atoms with Crippen LogP contribution in [-0.4, -0.2) is 15.0 Å². The minimum absolute atomic E-state index is 0.793. The summed E-state index contributed by atoms with van der Waals surface area (Å²) in [6, 6.07) is 8.37. The van der Waals surface area contributed by atoms with Gasteiger partial charge in [0.2, 0.25) is 0 Å². The van der Waals surface area contributed by atoms with Gasteiger partial charge >= 0.3 is 0 Å². The van der Waals surface area contributed by atoms with Crippen LogP contribution in [0.3, 0.4) is 0 Å². The number of nitrogens with zero attached hydrogens (tertiary/aromatic N) is 2. The Labute approximate surface area is 111 Å². The highest BCUT2D eigenvalue weighted by molar-refractivity contribution is 7.28. The molecule has 4 heterocycles. The molecule has 5 heteroatoms. The van der Waals surface area contributed by atoms with E-state index in [0.29, 0.717) is 0 Å². The molecule has 0 radical (unpaired) electrons. The maximum Gasteiger partial charge on any atom is 0.178 e. The van der Waals surface area contributed by atoms with Crippen molar-refractivity contribution in [3.63, 3.8) is 0 Å². The SMILES string of the molecule is Cc1ccc2[nH]c(-c3cc4sccc4s3)nc2n1. The molecule has 3 nitrogen and oxygen atoms in total. The summed E-state index contributed by atoms with van der Waals surface area (Å²) in [7, 11) is 0. The molecule has 0 aromatic carbocycles. The molecule has 4 aromatic rings. The lowest BCUT2D eigenvalue weighted by molar-refractivity contribution is 1.22. The van der Waals surface area contributed by atoms with E-state index in [4.69, 9.17) is 0 Å². The van der Waals surface area contributed by atoms with E-state index in [1.807, 2.05) is 19.1 Å². The normalized spacial score (nSPS) is 11.6. The second-order valence-electron chi connectivity index (χ2n) is 4.17. The number of hydrogen-bond acceptors (Lipinski definition) is 4. The van der Waals surface area contributed by atoms with E-state index in [-0.39, 0.29) is 0 Å². The molecule has 1 N–H and O–H groups in total. The maximum absolute atomic E-state index is 4.57. The van der Waals surface area contributed by atoms with Crippen molar-refractivity contribution in [3.05, 3.63) is 35.3 Å². The molecule has 0 bridgehead atoms. The highest BCUT2D eigenvalue weighted by Gasteiger charge is 2.10. The molecule has 88 valence electrons. The molecule has 0 aliphatic rings. The van der Waals surface area contributed by atoms with Crippen molar-refractivity contribution in [2.24, 2.45) is 0 Å². The van der Waals surface area contributed by atoms with E-state index >= 15 is 0 Å². The van der Waals surface area contributed by atoms with Gasteiger partial charge in [-0.3, -0.25) is 0 Å². The molecule has 0 aliphatic carbocycles. The van der Waals surface area contributed by atoms with Gasteiger partial charge < -0.3 is 4.98 Å². The highest BCUT2D eigenvalue weighted by Crippen LogP contribution is 2.35. The third-order valence-electron chi connectivity index (χ3n) is 2.86. The Morgan fingerprint density at radius 1 is 1.11 bits per heavy atom. The summed E-state index contributed by atoms with van der Waals surface area (Å²) in [5, 5.41) is 2.12. The monoisotopic (exact) mass is 271 g/mol. The first-order chi connectivity index (χ1) is 8.79. The van der Waals surface area contributed by atoms with Crippen LogP contribution in [-0.2, 0) is 0 Å². The predicted molar refractivity (Wildman–Crippen MR) is 77.3 cm³/mol. The van der Waals surface area contributed by atoms with Crippen LogP contribution in [0.4, 0.5) is 0 Å². The summed E-state index contributed by atoms with van der Waals surface area (Å²) < 4.78 is 2.64. The highest BCUT2D eigenvalue weighted by atomic mass is 32.1. The van der Waals surface area contributed by atoms with Gasteiger partial charge in [0.25, 0.3) is 0 Å². The number of aromatic nitrogens is 3. The Bertz CT molecular complexity index is 825. The van der Waals surface area contributed by atoms with Crippen LogP contribution in [0.15, 0.2) is 29.6 Å². The fourth-order valence-electron chi connectivity index (χ4n) is 1.99. The van der Waals surface area contributed by atoms with Crippen molar-refractivity contribution >= 4 is 43.2 Å². The summed E-state index contributed by atoms with van der Waals surface area (Å²) in [6.45, 7) is 1.98. The third kappa shape index (κ3) is 1.48. The Kier molecular flexibility index (Phi) is 2.06. The molecule has 0 unspecified atom stereocenters. The summed E-state index contributed by atoms with van der Waals surface area (Å²) >= 11 is 3.53. The first-order valence-corrected chi connectivity index (χ1v) is 7.30. The van der Waals surface area contributed by atoms with Gasteiger partial charge in [-0.2, -0.15) is 0 Å². The van der Waals surface area contributed by atoms with Crippen LogP contribution in [0.25, 0.3) is 31.3 Å². The Balaban J connectivity index is 1.93. The summed E-state index contributed by atoms with van der Waals surface area (Å²) in [6.07, 6.45) is 0. The summed E-state index contributed by atoms with van der Waals surface area (Å²) in [5.41, 5.74) is 2.78. The topological polar surface area (TPSA) is 41.6 Å². The molecule has 4 aromatic heterocycles. The molecule has 0 spiro atoms. The molecular formula is C13H9N3S2. The fraction of sp³-hybridized carbons (Fsp3) is 0.0769. The maximum atomic E-state index is 4.57. The van der Waals surface area contributed by atoms with E-state index in [1.165, 1.54) is 14.3 Å². The number of rotatable bonds is 1. The van der Waals surface area contributed by atoms with Crippen LogP contribution in [0.1, 0.15) is 5.69 Å². The van der Waals surface area contributed by atoms with Crippen LogP contribution in [0.5, 0.6) is 0 Å². The lowest BCUT2D eigenvalue weighted by Crippen LogP contribution is -1.80. The van der Waals surface area contributed by atoms with Crippen LogP contribution in [0, 0.1) is 6.92 Å². The zero-order chi connectivity index (χ0) is 12.1. The molecule has 0 saturated heterocycles. The number of aryl methyl sites for hydroxylation is 1. The molecule has 0 amide bonds. The van der Waals surface area contributed by atoms with Gasteiger partial charge in [0, 0.05) is 15.1 Å². The summed E-state index contributed by atoms with van der Waals surface area (Å²) in [4.78, 5) is 13.5. The molecule has 0 saturated carbocycles. The zero-order valence-electron chi connectivity index (χ0n) is 9.60. The zero-order valence-corrected chi connectivity index (χ0v) is 11.2. The second-order valence-corrected chi connectivity index (χ2v) is 6.20. The van der Waals surface area contributed by atoms with E-state index in [9.17, 15) is 0 Å². The molecule has 4 rings (SSSR count). The van der Waals surface area contributed by atoms with E-state index in [1.54, 1.807) is 22.7 Å². The van der Waals surface area contributed by atoms with Gasteiger partial charge in [0.1, 0.15) is 0 Å². The van der Waals surface area contributed by atoms with Gasteiger partial charge in [0.15, 0.2) is 11.5 Å². The average Bonchev–Trinajstić information content (AvgIpc) is 2.99. The number of hydrogen-bond donors (Lipinski definition) is 1. The lowest BCUT2D eigenvalue weighted by Gasteiger charge is -1.88. The van der Waals surface area contributed by atoms with Crippen LogP contribution in [0.2, 0.25) is 0 Å². The first kappa shape index (κ1) is 10.2. The van der Waals surface area contributed by atoms with Crippen molar-refractivity contribution in [2.75, 3.05) is 0 Å². The number of nitrogens with one attached hydrogen (secondary N) is 1. The average molecular weight is 271 g/mol. The van der Waals surface area contributed by atoms with Crippen molar-refractivity contribution in [1.29, 1.82) is 0 Å². The smallest absolute Gasteiger partial charge is 0.178 e. The molecular weight excluding hydrogens is 262 g/mol. The molecule has 18 heavy (non-hydrogen) atoms. The third-order valence-corrected chi connectivity index (χ3v) is 4.96. The number of aromatic amines is 1. The number of thiophene rings is 2. The molecule has 0 atom stereocenters. The van der Waals surface area contributed by atoms with Gasteiger partial charge in [-0.1, -0.05) is 0 Å². The van der Waals surface area contributed by atoms with Crippen LogP contribution >= 0.6 is 22.7 Å². The van der Waals surface area contributed by atoms with Gasteiger partial charge in [0.05, 0.1) is 10.4 Å². The number of fused-ring (bicyclic) bond motifs is 2. The Morgan fingerprint density at radius 3 is 2.94 bits per heavy atom. The minimum Gasteiger partial charge on any atom is -0.336 e. The quantitative estimate of drug-likeness (QED) is 0.563. The van der Waals surface area contributed by atoms with Crippen molar-refractivity contribution in [1.82, 2.24) is 15.0 Å². The Morgan fingerprint density at radius 2 is 2.06 bits per heavy atom. The largest absolute Gasteiger partial charge is 0.336 e. The van der Waals surface area contributed by atoms with Crippen LogP contribution < -0.4 is 0 Å². The van der Waals surface area contributed by atoms with Crippen molar-refractivity contribution in [3.8, 4) is 10.7 Å². The van der Waals surface area contributed by atoms with E-state index < -0.39 is 0 Å². The number of H-pyrrole nitrogens is 1. The minimum atomic E-state index is 0.793. The number of pyridine rings is 1. The number of imidazole rings is 1. The van der Waals surface area contributed by atoms with E-state index in [2.05, 4.69) is 32.5 Å².